The van der Waals surface area contributed by atoms with Gasteiger partial charge in [-0.1, -0.05) is 30.4 Å². The fraction of sp³-hybridized carbons (Fsp3) is 0.118. The summed E-state index contributed by atoms with van der Waals surface area (Å²) in [6.45, 7) is 2.06. The molecule has 0 saturated carbocycles. The smallest absolute Gasteiger partial charge is 0.0712 e. The Morgan fingerprint density at radius 2 is 1.79 bits per heavy atom. The van der Waals surface area contributed by atoms with Gasteiger partial charge < -0.3 is 4.90 Å². The zero-order valence-corrected chi connectivity index (χ0v) is 11.2. The molecule has 0 aliphatic carbocycles. The van der Waals surface area contributed by atoms with E-state index in [1.807, 2.05) is 30.4 Å². The number of hydrogen-bond donors (Lipinski definition) is 0. The van der Waals surface area contributed by atoms with Gasteiger partial charge in [0.2, 0.25) is 0 Å². The Morgan fingerprint density at radius 1 is 1.05 bits per heavy atom. The van der Waals surface area contributed by atoms with E-state index in [1.165, 1.54) is 16.7 Å². The summed E-state index contributed by atoms with van der Waals surface area (Å²) in [6, 6.07) is 8.27. The largest absolute Gasteiger partial charge is 0.357 e. The zero-order valence-electron chi connectivity index (χ0n) is 11.2. The number of hydrogen-bond acceptors (Lipinski definition) is 2. The summed E-state index contributed by atoms with van der Waals surface area (Å²) >= 11 is 0. The molecule has 0 bridgehead atoms. The van der Waals surface area contributed by atoms with E-state index < -0.39 is 0 Å². The molecule has 2 aliphatic rings. The molecule has 94 valence electrons. The van der Waals surface area contributed by atoms with Crippen LogP contribution in [0.3, 0.4) is 0 Å². The van der Waals surface area contributed by atoms with E-state index in [-0.39, 0.29) is 0 Å². The first-order chi connectivity index (χ1) is 9.24. The van der Waals surface area contributed by atoms with Crippen molar-refractivity contribution in [1.29, 1.82) is 0 Å². The van der Waals surface area contributed by atoms with Gasteiger partial charge in [0.05, 0.1) is 5.69 Å². The van der Waals surface area contributed by atoms with Crippen LogP contribution in [0.15, 0.2) is 71.5 Å². The monoisotopic (exact) mass is 248 g/mol. The minimum Gasteiger partial charge on any atom is -0.357 e. The number of rotatable bonds is 1. The summed E-state index contributed by atoms with van der Waals surface area (Å²) in [5.41, 5.74) is 5.78. The summed E-state index contributed by atoms with van der Waals surface area (Å²) in [5.74, 6) is 0. The first-order valence-corrected chi connectivity index (χ1v) is 6.39. The Hall–Kier alpha value is -2.35. The van der Waals surface area contributed by atoms with Crippen molar-refractivity contribution >= 4 is 17.0 Å². The van der Waals surface area contributed by atoms with Crippen LogP contribution in [0, 0.1) is 0 Å². The molecule has 0 atom stereocenters. The highest BCUT2D eigenvalue weighted by atomic mass is 15.0. The van der Waals surface area contributed by atoms with Crippen LogP contribution in [-0.4, -0.2) is 17.7 Å². The molecule has 0 radical (unpaired) electrons. The van der Waals surface area contributed by atoms with Crippen molar-refractivity contribution in [1.82, 2.24) is 4.90 Å². The third kappa shape index (κ3) is 2.29. The topological polar surface area (TPSA) is 15.6 Å². The lowest BCUT2D eigenvalue weighted by molar-refractivity contribution is 0.620. The number of allylic oxidation sites excluding steroid dienone is 6. The van der Waals surface area contributed by atoms with Crippen LogP contribution in [-0.2, 0) is 0 Å². The van der Waals surface area contributed by atoms with E-state index >= 15 is 0 Å². The van der Waals surface area contributed by atoms with Crippen molar-refractivity contribution in [3.05, 3.63) is 72.1 Å². The van der Waals surface area contributed by atoms with Crippen molar-refractivity contribution in [3.8, 4) is 0 Å². The van der Waals surface area contributed by atoms with Crippen LogP contribution >= 0.6 is 0 Å². The molecule has 0 amide bonds. The number of aliphatic imine (C=N–C) groups is 1. The lowest BCUT2D eigenvalue weighted by Crippen LogP contribution is -2.02. The molecule has 2 heterocycles. The number of para-hydroxylation sites is 1. The normalized spacial score (nSPS) is 18.8. The number of nitrogens with zero attached hydrogens (tertiary/aromatic N) is 2. The Balaban J connectivity index is 1.94. The van der Waals surface area contributed by atoms with Gasteiger partial charge in [0.1, 0.15) is 0 Å². The average Bonchev–Trinajstić information content (AvgIpc) is 2.74. The standard InChI is InChI=1S/C17H16N2/c1-13-15(16-5-3-4-6-17(16)18-13)8-7-14-9-11-19(2)12-10-14/h3-12H,1-2H3/b15-8-. The Bertz CT molecular complexity index is 642. The molecular weight excluding hydrogens is 232 g/mol. The van der Waals surface area contributed by atoms with Gasteiger partial charge >= 0.3 is 0 Å². The Labute approximate surface area is 113 Å². The molecule has 2 nitrogen and oxygen atoms in total. The average molecular weight is 248 g/mol. The maximum atomic E-state index is 4.58. The first kappa shape index (κ1) is 11.7. The van der Waals surface area contributed by atoms with Gasteiger partial charge in [-0.05, 0) is 30.7 Å². The van der Waals surface area contributed by atoms with Gasteiger partial charge in [0, 0.05) is 36.3 Å². The molecule has 1 aromatic carbocycles. The summed E-state index contributed by atoms with van der Waals surface area (Å²) in [4.78, 5) is 6.61. The summed E-state index contributed by atoms with van der Waals surface area (Å²) in [7, 11) is 2.02. The van der Waals surface area contributed by atoms with E-state index in [1.54, 1.807) is 0 Å². The minimum absolute atomic E-state index is 1.07. The minimum atomic E-state index is 1.07. The van der Waals surface area contributed by atoms with Gasteiger partial charge in [0.15, 0.2) is 0 Å². The van der Waals surface area contributed by atoms with Gasteiger partial charge in [-0.2, -0.15) is 0 Å². The van der Waals surface area contributed by atoms with Crippen molar-refractivity contribution < 1.29 is 0 Å². The highest BCUT2D eigenvalue weighted by Crippen LogP contribution is 2.34. The SMILES string of the molecule is CC1=Nc2ccccc2/C1=C\C=C1C=CN(C)C=C1. The predicted octanol–water partition coefficient (Wildman–Crippen LogP) is 4.08. The highest BCUT2D eigenvalue weighted by Gasteiger charge is 2.15. The molecule has 3 rings (SSSR count). The van der Waals surface area contributed by atoms with Crippen LogP contribution in [0.1, 0.15) is 12.5 Å². The van der Waals surface area contributed by atoms with Crippen molar-refractivity contribution in [2.75, 3.05) is 7.05 Å². The van der Waals surface area contributed by atoms with Gasteiger partial charge in [-0.25, -0.2) is 0 Å². The molecule has 0 N–H and O–H groups in total. The molecule has 0 fully saturated rings. The van der Waals surface area contributed by atoms with E-state index in [0.29, 0.717) is 0 Å². The van der Waals surface area contributed by atoms with Gasteiger partial charge in [0.25, 0.3) is 0 Å². The van der Waals surface area contributed by atoms with Gasteiger partial charge in [-0.15, -0.1) is 0 Å². The second kappa shape index (κ2) is 4.73. The summed E-state index contributed by atoms with van der Waals surface area (Å²) in [5, 5.41) is 0. The van der Waals surface area contributed by atoms with E-state index in [2.05, 4.69) is 54.4 Å². The van der Waals surface area contributed by atoms with Crippen LogP contribution in [0.25, 0.3) is 5.57 Å². The third-order valence-corrected chi connectivity index (χ3v) is 3.32. The Morgan fingerprint density at radius 3 is 2.58 bits per heavy atom. The predicted molar refractivity (Wildman–Crippen MR) is 81.3 cm³/mol. The van der Waals surface area contributed by atoms with Crippen molar-refractivity contribution in [2.45, 2.75) is 6.92 Å². The van der Waals surface area contributed by atoms with Crippen LogP contribution in [0.2, 0.25) is 0 Å². The van der Waals surface area contributed by atoms with Crippen LogP contribution in [0.4, 0.5) is 5.69 Å². The molecule has 1 aromatic rings. The highest BCUT2D eigenvalue weighted by molar-refractivity contribution is 6.28. The van der Waals surface area contributed by atoms with Crippen molar-refractivity contribution in [3.63, 3.8) is 0 Å². The second-order valence-electron chi connectivity index (χ2n) is 4.76. The molecular formula is C17H16N2. The molecule has 2 heteroatoms. The Kier molecular flexibility index (Phi) is 2.92. The molecule has 0 saturated heterocycles. The molecule has 0 aromatic heterocycles. The lowest BCUT2D eigenvalue weighted by Gasteiger charge is -2.11. The third-order valence-electron chi connectivity index (χ3n) is 3.32. The first-order valence-electron chi connectivity index (χ1n) is 6.39. The summed E-state index contributed by atoms with van der Waals surface area (Å²) < 4.78 is 0. The zero-order chi connectivity index (χ0) is 13.2. The maximum absolute atomic E-state index is 4.58. The fourth-order valence-electron chi connectivity index (χ4n) is 2.25. The molecule has 0 unspecified atom stereocenters. The van der Waals surface area contributed by atoms with Crippen LogP contribution < -0.4 is 0 Å². The molecule has 0 spiro atoms. The summed E-state index contributed by atoms with van der Waals surface area (Å²) in [6.07, 6.45) is 12.6. The quantitative estimate of drug-likeness (QED) is 0.731. The van der Waals surface area contributed by atoms with E-state index in [9.17, 15) is 0 Å². The number of fused-ring (bicyclic) bond motifs is 1. The van der Waals surface area contributed by atoms with E-state index in [0.717, 1.165) is 11.4 Å². The molecule has 2 aliphatic heterocycles. The molecule has 19 heavy (non-hydrogen) atoms. The maximum Gasteiger partial charge on any atom is 0.0712 e. The second-order valence-corrected chi connectivity index (χ2v) is 4.76. The van der Waals surface area contributed by atoms with Crippen LogP contribution in [0.5, 0.6) is 0 Å². The fourth-order valence-corrected chi connectivity index (χ4v) is 2.25. The van der Waals surface area contributed by atoms with Crippen molar-refractivity contribution in [2.24, 2.45) is 4.99 Å². The van der Waals surface area contributed by atoms with Gasteiger partial charge in [-0.3, -0.25) is 4.99 Å². The lowest BCUT2D eigenvalue weighted by atomic mass is 10.0. The van der Waals surface area contributed by atoms with E-state index in [4.69, 9.17) is 0 Å². The number of benzene rings is 1.